The number of carbonyl (C=O) groups is 1. The van der Waals surface area contributed by atoms with Crippen LogP contribution in [0.5, 0.6) is 0 Å². The predicted molar refractivity (Wildman–Crippen MR) is 103 cm³/mol. The van der Waals surface area contributed by atoms with E-state index in [-0.39, 0.29) is 5.91 Å². The average molecular weight is 367 g/mol. The molecular weight excluding hydrogens is 350 g/mol. The molecule has 1 aliphatic rings. The Hall–Kier alpha value is -2.18. The third-order valence-electron chi connectivity index (χ3n) is 4.03. The van der Waals surface area contributed by atoms with Gasteiger partial charge in [-0.25, -0.2) is 4.98 Å². The van der Waals surface area contributed by atoms with Crippen LogP contribution in [0.2, 0.25) is 0 Å². The van der Waals surface area contributed by atoms with Crippen LogP contribution in [0.25, 0.3) is 10.6 Å². The average Bonchev–Trinajstić information content (AvgIpc) is 3.00. The van der Waals surface area contributed by atoms with Gasteiger partial charge in [0, 0.05) is 34.8 Å². The second kappa shape index (κ2) is 7.37. The van der Waals surface area contributed by atoms with E-state index in [0.717, 1.165) is 40.7 Å². The van der Waals surface area contributed by atoms with Crippen molar-refractivity contribution in [3.05, 3.63) is 59.9 Å². The molecule has 1 aliphatic heterocycles. The van der Waals surface area contributed by atoms with Crippen LogP contribution in [0.1, 0.15) is 12.1 Å². The van der Waals surface area contributed by atoms with Crippen molar-refractivity contribution < 1.29 is 4.79 Å². The van der Waals surface area contributed by atoms with Gasteiger partial charge in [-0.3, -0.25) is 9.78 Å². The van der Waals surface area contributed by atoms with E-state index >= 15 is 0 Å². The number of pyridine rings is 1. The number of thiazole rings is 1. The molecule has 4 rings (SSSR count). The summed E-state index contributed by atoms with van der Waals surface area (Å²) in [5.41, 5.74) is 2.84. The Balaban J connectivity index is 1.54. The minimum atomic E-state index is 0.109. The summed E-state index contributed by atoms with van der Waals surface area (Å²) < 4.78 is 0. The van der Waals surface area contributed by atoms with Gasteiger partial charge in [-0.1, -0.05) is 12.1 Å². The molecule has 2 aromatic heterocycles. The number of aromatic nitrogens is 2. The summed E-state index contributed by atoms with van der Waals surface area (Å²) in [7, 11) is 0. The van der Waals surface area contributed by atoms with E-state index in [1.54, 1.807) is 23.7 Å². The fourth-order valence-corrected chi connectivity index (χ4v) is 4.65. The molecule has 1 aromatic carbocycles. The molecule has 1 amide bonds. The van der Waals surface area contributed by atoms with Crippen molar-refractivity contribution in [3.63, 3.8) is 0 Å². The maximum Gasteiger partial charge on any atom is 0.233 e. The van der Waals surface area contributed by atoms with E-state index in [1.165, 1.54) is 4.90 Å². The Labute approximate surface area is 154 Å². The van der Waals surface area contributed by atoms with Gasteiger partial charge in [0.05, 0.1) is 17.8 Å². The molecule has 0 saturated heterocycles. The maximum atomic E-state index is 12.9. The molecule has 0 bridgehead atoms. The molecule has 0 unspecified atom stereocenters. The molecule has 0 spiro atoms. The van der Waals surface area contributed by atoms with E-state index in [0.29, 0.717) is 6.42 Å². The highest BCUT2D eigenvalue weighted by Crippen LogP contribution is 2.34. The predicted octanol–water partition coefficient (Wildman–Crippen LogP) is 4.28. The van der Waals surface area contributed by atoms with Crippen LogP contribution < -0.4 is 4.90 Å². The fraction of sp³-hybridized carbons (Fsp3) is 0.211. The van der Waals surface area contributed by atoms with Crippen LogP contribution in [0.15, 0.2) is 59.1 Å². The van der Waals surface area contributed by atoms with Crippen LogP contribution in [0, 0.1) is 0 Å². The number of benzene rings is 1. The van der Waals surface area contributed by atoms with E-state index in [2.05, 4.69) is 16.0 Å². The number of hydrogen-bond donors (Lipinski definition) is 0. The number of thioether (sulfide) groups is 1. The smallest absolute Gasteiger partial charge is 0.233 e. The van der Waals surface area contributed by atoms with E-state index in [4.69, 9.17) is 0 Å². The number of anilines is 1. The zero-order valence-corrected chi connectivity index (χ0v) is 15.2. The number of amides is 1. The van der Waals surface area contributed by atoms with Crippen LogP contribution in [0.3, 0.4) is 0 Å². The molecule has 25 heavy (non-hydrogen) atoms. The third-order valence-corrected chi connectivity index (χ3v) is 6.12. The van der Waals surface area contributed by atoms with E-state index < -0.39 is 0 Å². The molecule has 3 heterocycles. The first-order valence-corrected chi connectivity index (χ1v) is 10.0. The first-order chi connectivity index (χ1) is 12.3. The van der Waals surface area contributed by atoms with Crippen molar-refractivity contribution >= 4 is 34.7 Å². The molecule has 3 aromatic rings. The molecule has 0 radical (unpaired) electrons. The zero-order chi connectivity index (χ0) is 17.1. The molecule has 0 fully saturated rings. The molecule has 0 aliphatic carbocycles. The first-order valence-electron chi connectivity index (χ1n) is 8.18. The largest absolute Gasteiger partial charge is 0.311 e. The van der Waals surface area contributed by atoms with Gasteiger partial charge in [-0.15, -0.1) is 23.1 Å². The van der Waals surface area contributed by atoms with Crippen LogP contribution in [-0.4, -0.2) is 28.2 Å². The number of rotatable bonds is 3. The van der Waals surface area contributed by atoms with Gasteiger partial charge in [-0.2, -0.15) is 0 Å². The van der Waals surface area contributed by atoms with Gasteiger partial charge in [-0.05, 0) is 36.4 Å². The summed E-state index contributed by atoms with van der Waals surface area (Å²) in [5.74, 6) is 1.15. The third kappa shape index (κ3) is 3.60. The van der Waals surface area contributed by atoms with Gasteiger partial charge in [0.25, 0.3) is 0 Å². The zero-order valence-electron chi connectivity index (χ0n) is 13.6. The molecule has 6 heteroatoms. The Morgan fingerprint density at radius 1 is 1.20 bits per heavy atom. The lowest BCUT2D eigenvalue weighted by Gasteiger charge is -2.22. The van der Waals surface area contributed by atoms with Crippen LogP contribution in [-0.2, 0) is 11.2 Å². The Bertz CT molecular complexity index is 879. The van der Waals surface area contributed by atoms with Crippen LogP contribution >= 0.6 is 23.1 Å². The topological polar surface area (TPSA) is 46.1 Å². The molecule has 126 valence electrons. The Morgan fingerprint density at radius 3 is 3.00 bits per heavy atom. The monoisotopic (exact) mass is 367 g/mol. The highest BCUT2D eigenvalue weighted by molar-refractivity contribution is 7.99. The summed E-state index contributed by atoms with van der Waals surface area (Å²) in [5, 5.41) is 2.88. The van der Waals surface area contributed by atoms with E-state index in [1.807, 2.05) is 52.4 Å². The van der Waals surface area contributed by atoms with E-state index in [9.17, 15) is 4.79 Å². The summed E-state index contributed by atoms with van der Waals surface area (Å²) in [6, 6.07) is 12.0. The minimum absolute atomic E-state index is 0.109. The highest BCUT2D eigenvalue weighted by atomic mass is 32.2. The minimum Gasteiger partial charge on any atom is -0.311 e. The number of carbonyl (C=O) groups excluding carboxylic acids is 1. The molecule has 4 nitrogen and oxygen atoms in total. The van der Waals surface area contributed by atoms with Crippen molar-refractivity contribution in [3.8, 4) is 10.6 Å². The summed E-state index contributed by atoms with van der Waals surface area (Å²) in [6.45, 7) is 0.766. The molecule has 0 N–H and O–H groups in total. The van der Waals surface area contributed by atoms with Gasteiger partial charge in [0.2, 0.25) is 5.91 Å². The van der Waals surface area contributed by atoms with Gasteiger partial charge in [0.1, 0.15) is 5.01 Å². The summed E-state index contributed by atoms with van der Waals surface area (Å²) in [6.07, 6.45) is 4.88. The first kappa shape index (κ1) is 16.3. The number of hydrogen-bond acceptors (Lipinski definition) is 5. The lowest BCUT2D eigenvalue weighted by atomic mass is 10.2. The quantitative estimate of drug-likeness (QED) is 0.693. The highest BCUT2D eigenvalue weighted by Gasteiger charge is 2.22. The number of fused-ring (bicyclic) bond motifs is 1. The van der Waals surface area contributed by atoms with Crippen molar-refractivity contribution in [2.24, 2.45) is 0 Å². The summed E-state index contributed by atoms with van der Waals surface area (Å²) >= 11 is 3.38. The maximum absolute atomic E-state index is 12.9. The van der Waals surface area contributed by atoms with Gasteiger partial charge in [0.15, 0.2) is 0 Å². The van der Waals surface area contributed by atoms with Crippen molar-refractivity contribution in [1.82, 2.24) is 9.97 Å². The lowest BCUT2D eigenvalue weighted by Crippen LogP contribution is -2.33. The van der Waals surface area contributed by atoms with Gasteiger partial charge < -0.3 is 4.90 Å². The summed E-state index contributed by atoms with van der Waals surface area (Å²) in [4.78, 5) is 24.7. The van der Waals surface area contributed by atoms with Crippen molar-refractivity contribution in [1.29, 1.82) is 0 Å². The number of nitrogens with zero attached hydrogens (tertiary/aromatic N) is 3. The van der Waals surface area contributed by atoms with Crippen LogP contribution in [0.4, 0.5) is 5.69 Å². The SMILES string of the molecule is O=C(Cc1csc(-c2cccnc2)n1)N1CCCSc2ccccc21. The lowest BCUT2D eigenvalue weighted by molar-refractivity contribution is -0.118. The molecular formula is C19H17N3OS2. The van der Waals surface area contributed by atoms with Crippen molar-refractivity contribution in [2.45, 2.75) is 17.7 Å². The normalized spacial score (nSPS) is 14.0. The second-order valence-electron chi connectivity index (χ2n) is 5.78. The van der Waals surface area contributed by atoms with Gasteiger partial charge >= 0.3 is 0 Å². The standard InChI is InChI=1S/C19H17N3OS2/c23-18(22-9-4-10-24-17-7-2-1-6-16(17)22)11-15-13-25-19(21-15)14-5-3-8-20-12-14/h1-3,5-8,12-13H,4,9-11H2. The van der Waals surface area contributed by atoms with Crippen molar-refractivity contribution in [2.75, 3.05) is 17.2 Å². The fourth-order valence-electron chi connectivity index (χ4n) is 2.85. The molecule has 0 saturated carbocycles. The second-order valence-corrected chi connectivity index (χ2v) is 7.77. The molecule has 0 atom stereocenters. The number of para-hydroxylation sites is 1. The Morgan fingerprint density at radius 2 is 2.12 bits per heavy atom. The Kier molecular flexibility index (Phi) is 4.81.